The fourth-order valence-corrected chi connectivity index (χ4v) is 2.07. The van der Waals surface area contributed by atoms with Gasteiger partial charge in [-0.2, -0.15) is 0 Å². The Bertz CT molecular complexity index is 452. The predicted molar refractivity (Wildman–Crippen MR) is 81.7 cm³/mol. The van der Waals surface area contributed by atoms with Crippen molar-refractivity contribution >= 4 is 5.91 Å². The number of aromatic hydroxyl groups is 1. The number of carbonyl (C=O) groups excluding carboxylic acids is 1. The molecule has 0 aliphatic rings. The first-order valence-corrected chi connectivity index (χ1v) is 7.08. The summed E-state index contributed by atoms with van der Waals surface area (Å²) < 4.78 is 0. The Morgan fingerprint density at radius 1 is 1.40 bits per heavy atom. The van der Waals surface area contributed by atoms with Gasteiger partial charge >= 0.3 is 0 Å². The van der Waals surface area contributed by atoms with Gasteiger partial charge in [0, 0.05) is 12.1 Å². The Morgan fingerprint density at radius 3 is 2.55 bits per heavy atom. The third-order valence-electron chi connectivity index (χ3n) is 3.25. The molecule has 20 heavy (non-hydrogen) atoms. The Labute approximate surface area is 121 Å². The van der Waals surface area contributed by atoms with E-state index >= 15 is 0 Å². The summed E-state index contributed by atoms with van der Waals surface area (Å²) in [7, 11) is 0. The van der Waals surface area contributed by atoms with Crippen LogP contribution in [0, 0.1) is 0 Å². The fourth-order valence-electron chi connectivity index (χ4n) is 2.07. The Kier molecular flexibility index (Phi) is 5.57. The van der Waals surface area contributed by atoms with Crippen molar-refractivity contribution in [3.8, 4) is 5.75 Å². The van der Waals surface area contributed by atoms with Crippen molar-refractivity contribution in [3.63, 3.8) is 0 Å². The van der Waals surface area contributed by atoms with Gasteiger partial charge in [-0.15, -0.1) is 0 Å². The summed E-state index contributed by atoms with van der Waals surface area (Å²) in [6.07, 6.45) is 0. The van der Waals surface area contributed by atoms with Crippen molar-refractivity contribution < 1.29 is 9.90 Å². The monoisotopic (exact) mass is 278 g/mol. The van der Waals surface area contributed by atoms with Gasteiger partial charge in [0.05, 0.1) is 12.6 Å². The molecule has 1 unspecified atom stereocenters. The summed E-state index contributed by atoms with van der Waals surface area (Å²) >= 11 is 0. The summed E-state index contributed by atoms with van der Waals surface area (Å²) in [5.74, 6) is 0.295. The number of phenols is 1. The molecule has 0 aliphatic carbocycles. The van der Waals surface area contributed by atoms with Gasteiger partial charge in [0.2, 0.25) is 5.91 Å². The first kappa shape index (κ1) is 16.5. The van der Waals surface area contributed by atoms with Crippen molar-refractivity contribution in [3.05, 3.63) is 29.8 Å². The van der Waals surface area contributed by atoms with Gasteiger partial charge in [-0.3, -0.25) is 4.79 Å². The van der Waals surface area contributed by atoms with Gasteiger partial charge in [0.15, 0.2) is 0 Å². The lowest BCUT2D eigenvalue weighted by molar-refractivity contribution is -0.132. The van der Waals surface area contributed by atoms with Crippen LogP contribution in [0.5, 0.6) is 5.75 Å². The summed E-state index contributed by atoms with van der Waals surface area (Å²) in [5.41, 5.74) is 0.861. The van der Waals surface area contributed by atoms with E-state index in [1.807, 2.05) is 45.6 Å². The molecule has 0 aromatic heterocycles. The highest BCUT2D eigenvalue weighted by Crippen LogP contribution is 2.23. The van der Waals surface area contributed by atoms with E-state index in [1.165, 1.54) is 0 Å². The van der Waals surface area contributed by atoms with Crippen molar-refractivity contribution in [2.75, 3.05) is 13.1 Å². The number of phenolic OH excluding ortho intramolecular Hbond substituents is 1. The minimum atomic E-state index is -0.0800. The lowest BCUT2D eigenvalue weighted by atomic mass is 10.1. The Morgan fingerprint density at radius 2 is 2.05 bits per heavy atom. The zero-order valence-corrected chi connectivity index (χ0v) is 13.1. The van der Waals surface area contributed by atoms with Gasteiger partial charge in [0.25, 0.3) is 0 Å². The molecule has 0 spiro atoms. The summed E-state index contributed by atoms with van der Waals surface area (Å²) in [6, 6.07) is 7.01. The van der Waals surface area contributed by atoms with Gasteiger partial charge in [-0.1, -0.05) is 12.1 Å². The van der Waals surface area contributed by atoms with Crippen LogP contribution in [0.4, 0.5) is 0 Å². The number of hydrogen-bond donors (Lipinski definition) is 2. The SMILES string of the molecule is CCN(C(=O)CNC(C)(C)C)C(C)c1cccc(O)c1. The van der Waals surface area contributed by atoms with Gasteiger partial charge in [-0.25, -0.2) is 0 Å². The van der Waals surface area contributed by atoms with Crippen LogP contribution < -0.4 is 5.32 Å². The van der Waals surface area contributed by atoms with E-state index in [0.29, 0.717) is 13.1 Å². The van der Waals surface area contributed by atoms with Gasteiger partial charge in [-0.05, 0) is 52.3 Å². The lowest BCUT2D eigenvalue weighted by Crippen LogP contribution is -2.45. The number of nitrogens with one attached hydrogen (secondary N) is 1. The van der Waals surface area contributed by atoms with Crippen LogP contribution in [-0.2, 0) is 4.79 Å². The van der Waals surface area contributed by atoms with Crippen LogP contribution in [0.1, 0.15) is 46.2 Å². The van der Waals surface area contributed by atoms with E-state index in [4.69, 9.17) is 0 Å². The second-order valence-electron chi connectivity index (χ2n) is 6.05. The maximum atomic E-state index is 12.3. The Hall–Kier alpha value is -1.55. The number of nitrogens with zero attached hydrogens (tertiary/aromatic N) is 1. The molecule has 4 heteroatoms. The largest absolute Gasteiger partial charge is 0.508 e. The normalized spacial score (nSPS) is 13.1. The average Bonchev–Trinajstić information content (AvgIpc) is 2.36. The maximum Gasteiger partial charge on any atom is 0.237 e. The van der Waals surface area contributed by atoms with Gasteiger partial charge in [0.1, 0.15) is 5.75 Å². The molecular formula is C16H26N2O2. The smallest absolute Gasteiger partial charge is 0.237 e. The summed E-state index contributed by atoms with van der Waals surface area (Å²) in [6.45, 7) is 11.0. The number of rotatable bonds is 5. The highest BCUT2D eigenvalue weighted by atomic mass is 16.3. The second kappa shape index (κ2) is 6.75. The molecule has 0 saturated heterocycles. The van der Waals surface area contributed by atoms with E-state index in [0.717, 1.165) is 5.56 Å². The molecule has 0 saturated carbocycles. The van der Waals surface area contributed by atoms with Crippen LogP contribution in [0.2, 0.25) is 0 Å². The predicted octanol–water partition coefficient (Wildman–Crippen LogP) is 2.69. The summed E-state index contributed by atoms with van der Waals surface area (Å²) in [5, 5.41) is 12.8. The molecule has 1 rings (SSSR count). The molecule has 0 fully saturated rings. The standard InChI is InChI=1S/C16H26N2O2/c1-6-18(15(20)11-17-16(3,4)5)12(2)13-8-7-9-14(19)10-13/h7-10,12,17,19H,6,11H2,1-5H3. The number of benzene rings is 1. The van der Waals surface area contributed by atoms with E-state index in [2.05, 4.69) is 5.32 Å². The van der Waals surface area contributed by atoms with Crippen molar-refractivity contribution in [2.24, 2.45) is 0 Å². The lowest BCUT2D eigenvalue weighted by Gasteiger charge is -2.30. The zero-order valence-electron chi connectivity index (χ0n) is 13.1. The molecule has 1 atom stereocenters. The third-order valence-corrected chi connectivity index (χ3v) is 3.25. The minimum Gasteiger partial charge on any atom is -0.508 e. The van der Waals surface area contributed by atoms with Crippen LogP contribution in [0.3, 0.4) is 0 Å². The maximum absolute atomic E-state index is 12.3. The molecule has 2 N–H and O–H groups in total. The average molecular weight is 278 g/mol. The zero-order chi connectivity index (χ0) is 15.3. The van der Waals surface area contributed by atoms with Crippen LogP contribution in [-0.4, -0.2) is 34.5 Å². The topological polar surface area (TPSA) is 52.6 Å². The highest BCUT2D eigenvalue weighted by molar-refractivity contribution is 5.78. The molecule has 0 heterocycles. The van der Waals surface area contributed by atoms with Crippen molar-refractivity contribution in [2.45, 2.75) is 46.2 Å². The van der Waals surface area contributed by atoms with Gasteiger partial charge < -0.3 is 15.3 Å². The van der Waals surface area contributed by atoms with Crippen LogP contribution in [0.15, 0.2) is 24.3 Å². The van der Waals surface area contributed by atoms with E-state index in [9.17, 15) is 9.90 Å². The molecule has 4 nitrogen and oxygen atoms in total. The number of carbonyl (C=O) groups is 1. The summed E-state index contributed by atoms with van der Waals surface area (Å²) in [4.78, 5) is 14.1. The molecular weight excluding hydrogens is 252 g/mol. The molecule has 1 aromatic rings. The highest BCUT2D eigenvalue weighted by Gasteiger charge is 2.21. The van der Waals surface area contributed by atoms with E-state index in [-0.39, 0.29) is 23.2 Å². The first-order chi connectivity index (χ1) is 9.24. The Balaban J connectivity index is 2.77. The molecule has 112 valence electrons. The van der Waals surface area contributed by atoms with Crippen LogP contribution >= 0.6 is 0 Å². The number of amides is 1. The number of hydrogen-bond acceptors (Lipinski definition) is 3. The minimum absolute atomic E-state index is 0.0543. The van der Waals surface area contributed by atoms with Crippen LogP contribution in [0.25, 0.3) is 0 Å². The molecule has 1 aromatic carbocycles. The van der Waals surface area contributed by atoms with E-state index < -0.39 is 0 Å². The third kappa shape index (κ3) is 4.85. The van der Waals surface area contributed by atoms with Crippen molar-refractivity contribution in [1.82, 2.24) is 10.2 Å². The molecule has 0 bridgehead atoms. The number of likely N-dealkylation sites (N-methyl/N-ethyl adjacent to an activating group) is 1. The molecule has 1 amide bonds. The second-order valence-corrected chi connectivity index (χ2v) is 6.05. The quantitative estimate of drug-likeness (QED) is 0.870. The van der Waals surface area contributed by atoms with E-state index in [1.54, 1.807) is 18.2 Å². The molecule has 0 aliphatic heterocycles. The van der Waals surface area contributed by atoms with Crippen molar-refractivity contribution in [1.29, 1.82) is 0 Å². The fraction of sp³-hybridized carbons (Fsp3) is 0.562. The first-order valence-electron chi connectivity index (χ1n) is 7.08. The molecule has 0 radical (unpaired) electrons.